The molecule has 17 heteroatoms. The summed E-state index contributed by atoms with van der Waals surface area (Å²) in [6.45, 7) is 14.5. The van der Waals surface area contributed by atoms with E-state index in [0.29, 0.717) is 0 Å². The van der Waals surface area contributed by atoms with Gasteiger partial charge < -0.3 is 33.2 Å². The van der Waals surface area contributed by atoms with Crippen LogP contribution in [0.25, 0.3) is 187 Å². The molecule has 0 spiro atoms. The van der Waals surface area contributed by atoms with E-state index in [1.54, 1.807) is 24.3 Å². The monoisotopic (exact) mass is 1910 g/mol. The van der Waals surface area contributed by atoms with Gasteiger partial charge in [0, 0.05) is 83.9 Å². The molecule has 0 saturated heterocycles. The molecule has 0 bridgehead atoms. The van der Waals surface area contributed by atoms with E-state index in [9.17, 15) is 21.0 Å². The van der Waals surface area contributed by atoms with Gasteiger partial charge in [-0.15, -0.1) is 9.97 Å². The van der Waals surface area contributed by atoms with Crippen molar-refractivity contribution in [3.63, 3.8) is 0 Å². The summed E-state index contributed by atoms with van der Waals surface area (Å²) in [6.07, 6.45) is 0. The minimum absolute atomic E-state index is 0.00714. The molecule has 0 aliphatic heterocycles. The molecule has 0 radical (unpaired) electrons. The maximum absolute atomic E-state index is 9.29. The molecule has 20 aromatic carbocycles. The van der Waals surface area contributed by atoms with Crippen molar-refractivity contribution in [2.45, 2.75) is 0 Å². The van der Waals surface area contributed by atoms with E-state index in [1.807, 2.05) is 24.3 Å². The largest absolute Gasteiger partial charge is 0.455 e. The molecule has 694 valence electrons. The van der Waals surface area contributed by atoms with Crippen molar-refractivity contribution in [2.75, 3.05) is 14.7 Å². The minimum atomic E-state index is -0.301. The van der Waals surface area contributed by atoms with Crippen molar-refractivity contribution < 1.29 is 8.83 Å². The minimum Gasteiger partial charge on any atom is -0.455 e. The van der Waals surface area contributed by atoms with Gasteiger partial charge in [0.2, 0.25) is 11.0 Å². The van der Waals surface area contributed by atoms with E-state index >= 15 is 0 Å². The maximum atomic E-state index is 9.29. The van der Waals surface area contributed by atoms with Gasteiger partial charge in [-0.05, 0) is 210 Å². The molecule has 0 saturated carbocycles. The summed E-state index contributed by atoms with van der Waals surface area (Å²) in [5.74, 6) is -0.602. The van der Waals surface area contributed by atoms with E-state index < -0.39 is 0 Å². The van der Waals surface area contributed by atoms with Crippen LogP contribution in [0, 0.1) is 58.5 Å². The number of rotatable bonds is 18. The number of nitriles is 4. The highest BCUT2D eigenvalue weighted by molar-refractivity contribution is 6.19. The van der Waals surface area contributed by atoms with Crippen molar-refractivity contribution in [1.29, 1.82) is 21.0 Å². The summed E-state index contributed by atoms with van der Waals surface area (Å²) in [4.78, 5) is 38.1. The van der Waals surface area contributed by atoms with Crippen molar-refractivity contribution in [3.8, 4) is 124 Å². The third-order valence-electron chi connectivity index (χ3n) is 26.6. The number of hydrogen-bond acceptors (Lipinski definition) is 15. The van der Waals surface area contributed by atoms with Crippen LogP contribution in [0.1, 0.15) is 22.8 Å². The topological polar surface area (TPSA) is 217 Å². The van der Waals surface area contributed by atoms with Gasteiger partial charge in [0.1, 0.15) is 68.7 Å². The lowest BCUT2D eigenvalue weighted by atomic mass is 9.99. The lowest BCUT2D eigenvalue weighted by molar-refractivity contribution is 0.669. The fourth-order valence-corrected chi connectivity index (χ4v) is 19.2. The van der Waals surface area contributed by atoms with Crippen LogP contribution < -0.4 is 14.7 Å². The highest BCUT2D eigenvalue weighted by atomic mass is 16.3. The Labute approximate surface area is 857 Å². The molecule has 0 aliphatic rings. The number of furan rings is 2. The number of fused-ring (bicyclic) bond motifs is 12. The molecular formula is C132H79N15O2. The van der Waals surface area contributed by atoms with Gasteiger partial charge in [0.05, 0.1) is 0 Å². The normalized spacial score (nSPS) is 10.9. The standard InChI is InChI=1S/C60H44N2.C54H35NO2.C18N12/c1-5-13-45(14-6-1)49-21-33-55(34-22-49)61(56-35-23-50(24-36-56)46-15-7-2-8-16-46)59-41-29-53(30-42-59)54-31-43-60(44-32-54)62(57-37-25-51(26-38-57)47-17-9-3-10-18-47)58-39-27-52(28-40-58)48-19-11-4-12-20-48;1-2-10-36(11-3-1)37-20-22-38(23-21-37)39-24-30-42(31-25-39)55(43-32-26-40(27-33-43)45-14-8-16-49-47-12-4-6-18-51(47)56-53(45)49)44-34-28-41(29-35-44)46-15-9-17-50-48-13-5-7-19-52(48)57-54(46)50;1-23-17-18(24-2)30-16-14-12(26-8(4-20)10(6-22)28-14)11-13(15(16)29-17)27-9(5-21)7(3-19)25-11/h1-44H;1-35H;. The molecule has 0 fully saturated rings. The van der Waals surface area contributed by atoms with Crippen LogP contribution >= 0.6 is 0 Å². The first-order valence-electron chi connectivity index (χ1n) is 48.2. The number of anilines is 9. The smallest absolute Gasteiger partial charge is 0.294 e. The van der Waals surface area contributed by atoms with E-state index in [0.717, 1.165) is 128 Å². The van der Waals surface area contributed by atoms with Gasteiger partial charge >= 0.3 is 0 Å². The van der Waals surface area contributed by atoms with Gasteiger partial charge in [-0.3, -0.25) is 0 Å². The summed E-state index contributed by atoms with van der Waals surface area (Å²) in [6, 6.07) is 178. The third-order valence-corrected chi connectivity index (χ3v) is 26.6. The third kappa shape index (κ3) is 18.1. The summed E-state index contributed by atoms with van der Waals surface area (Å²) in [5.41, 5.74) is 33.2. The summed E-state index contributed by atoms with van der Waals surface area (Å²) >= 11 is 0. The predicted octanol–water partition coefficient (Wildman–Crippen LogP) is 34.7. The van der Waals surface area contributed by atoms with Crippen molar-refractivity contribution in [3.05, 3.63) is 525 Å². The van der Waals surface area contributed by atoms with E-state index in [2.05, 4.69) is 509 Å². The van der Waals surface area contributed by atoms with Crippen molar-refractivity contribution in [1.82, 2.24) is 29.9 Å². The Morgan fingerprint density at radius 3 is 0.564 bits per heavy atom. The molecular weight excluding hydrogens is 1830 g/mol. The molecule has 149 heavy (non-hydrogen) atoms. The fourth-order valence-electron chi connectivity index (χ4n) is 19.2. The summed E-state index contributed by atoms with van der Waals surface area (Å²) < 4.78 is 12.8. The highest BCUT2D eigenvalue weighted by Crippen LogP contribution is 2.47. The SMILES string of the molecule is [C-]#[N+]c1nc2c3nc(C#N)c(C#N)nc3c3nc(C#N)c(C#N)nc3c2nc1[N+]#[C-].c1ccc(-c2ccc(-c3ccc(N(c4ccc(-c5cccc6c5oc5ccccc56)cc4)c4ccc(-c5cccc6c5oc5ccccc56)cc4)cc3)cc2)cc1.c1ccc(-c2ccc(N(c3ccc(-c4ccccc4)cc3)c3ccc(-c4ccc(N(c5ccc(-c6ccccc6)cc5)c5ccc(-c6ccccc6)cc5)cc4)cc3)cc2)cc1. The number of para-hydroxylation sites is 4. The van der Waals surface area contributed by atoms with Crippen LogP contribution in [0.3, 0.4) is 0 Å². The second-order valence-electron chi connectivity index (χ2n) is 35.4. The van der Waals surface area contributed by atoms with Gasteiger partial charge in [-0.1, -0.05) is 371 Å². The first-order valence-corrected chi connectivity index (χ1v) is 48.2. The van der Waals surface area contributed by atoms with E-state index in [-0.39, 0.29) is 67.5 Å². The number of aromatic nitrogens is 6. The Morgan fingerprint density at radius 1 is 0.181 bits per heavy atom. The zero-order valence-electron chi connectivity index (χ0n) is 79.6. The van der Waals surface area contributed by atoms with Crippen molar-refractivity contribution in [2.24, 2.45) is 0 Å². The molecule has 5 aromatic heterocycles. The summed E-state index contributed by atoms with van der Waals surface area (Å²) in [7, 11) is 0. The first kappa shape index (κ1) is 91.2. The molecule has 0 N–H and O–H groups in total. The van der Waals surface area contributed by atoms with Gasteiger partial charge in [-0.25, -0.2) is 19.9 Å². The molecule has 0 unspecified atom stereocenters. The number of benzene rings is 20. The van der Waals surface area contributed by atoms with Crippen LogP contribution in [0.5, 0.6) is 0 Å². The second-order valence-corrected chi connectivity index (χ2v) is 35.4. The molecule has 5 heterocycles. The van der Waals surface area contributed by atoms with Gasteiger partial charge in [0.25, 0.3) is 11.6 Å². The average molecular weight is 1910 g/mol. The molecule has 0 aliphatic carbocycles. The Balaban J connectivity index is 0.000000130. The zero-order valence-corrected chi connectivity index (χ0v) is 79.6. The average Bonchev–Trinajstić information content (AvgIpc) is 1.55. The van der Waals surface area contributed by atoms with Crippen LogP contribution in [-0.4, -0.2) is 29.9 Å². The quantitative estimate of drug-likeness (QED) is 0.0576. The van der Waals surface area contributed by atoms with Crippen LogP contribution in [0.15, 0.2) is 488 Å². The highest BCUT2D eigenvalue weighted by Gasteiger charge is 2.29. The van der Waals surface area contributed by atoms with Crippen LogP contribution in [0.2, 0.25) is 0 Å². The van der Waals surface area contributed by atoms with Crippen LogP contribution in [-0.2, 0) is 0 Å². The lowest BCUT2D eigenvalue weighted by Gasteiger charge is -2.27. The fraction of sp³-hybridized carbons (Fsp3) is 0. The Bertz CT molecular complexity index is 8730. The van der Waals surface area contributed by atoms with E-state index in [1.165, 1.54) is 66.8 Å². The van der Waals surface area contributed by atoms with Crippen molar-refractivity contribution >= 4 is 140 Å². The Hall–Kier alpha value is -21.6. The lowest BCUT2D eigenvalue weighted by Crippen LogP contribution is -2.10. The Kier molecular flexibility index (Phi) is 24.8. The number of hydrogen-bond donors (Lipinski definition) is 0. The molecule has 25 aromatic rings. The van der Waals surface area contributed by atoms with Gasteiger partial charge in [0.15, 0.2) is 22.8 Å². The second kappa shape index (κ2) is 40.5. The maximum Gasteiger partial charge on any atom is 0.294 e. The summed E-state index contributed by atoms with van der Waals surface area (Å²) in [5, 5.41) is 41.7. The predicted molar refractivity (Wildman–Crippen MR) is 598 cm³/mol. The zero-order chi connectivity index (χ0) is 101. The number of nitrogens with zero attached hydrogens (tertiary/aromatic N) is 15. The van der Waals surface area contributed by atoms with Gasteiger partial charge in [-0.2, -0.15) is 21.0 Å². The molecule has 0 amide bonds. The first-order chi connectivity index (χ1) is 73.6. The van der Waals surface area contributed by atoms with Crippen LogP contribution in [0.4, 0.5) is 62.8 Å². The molecule has 0 atom stereocenters. The van der Waals surface area contributed by atoms with E-state index in [4.69, 9.17) is 22.0 Å². The Morgan fingerprint density at radius 2 is 0.356 bits per heavy atom. The molecule has 25 rings (SSSR count). The molecule has 17 nitrogen and oxygen atoms in total.